The quantitative estimate of drug-likeness (QED) is 0.731. The van der Waals surface area contributed by atoms with Gasteiger partial charge in [0.25, 0.3) is 0 Å². The predicted octanol–water partition coefficient (Wildman–Crippen LogP) is 2.58. The number of guanidine groups is 2. The number of nitrogens with one attached hydrogen (secondary N) is 1. The Kier molecular flexibility index (Phi) is 6.34. The van der Waals surface area contributed by atoms with Gasteiger partial charge < -0.3 is 30.2 Å². The molecule has 0 bridgehead atoms. The van der Waals surface area contributed by atoms with E-state index in [4.69, 9.17) is 31.5 Å². The highest BCUT2D eigenvalue weighted by atomic mass is 35.5. The molecule has 0 amide bonds. The Morgan fingerprint density at radius 1 is 1.06 bits per heavy atom. The maximum Gasteiger partial charge on any atom is 0.222 e. The van der Waals surface area contributed by atoms with Crippen LogP contribution in [-0.4, -0.2) is 63.6 Å². The number of benzene rings is 2. The molecular weight excluding hydrogens is 420 g/mol. The molecular formula is C21H25ClN6O3. The van der Waals surface area contributed by atoms with Crippen molar-refractivity contribution in [3.63, 3.8) is 0 Å². The van der Waals surface area contributed by atoms with E-state index in [0.717, 1.165) is 11.4 Å². The van der Waals surface area contributed by atoms with Crippen molar-refractivity contribution in [3.05, 3.63) is 47.5 Å². The number of nitrogens with two attached hydrogens (primary N) is 1. The molecule has 2 aliphatic rings. The van der Waals surface area contributed by atoms with E-state index in [1.807, 2.05) is 41.3 Å². The lowest BCUT2D eigenvalue weighted by atomic mass is 10.2. The smallest absolute Gasteiger partial charge is 0.222 e. The van der Waals surface area contributed by atoms with Gasteiger partial charge in [-0.15, -0.1) is 0 Å². The topological polar surface area (TPSA) is 96.9 Å². The van der Waals surface area contributed by atoms with E-state index in [2.05, 4.69) is 20.2 Å². The van der Waals surface area contributed by atoms with Crippen LogP contribution in [0.4, 0.5) is 11.4 Å². The fourth-order valence-corrected chi connectivity index (χ4v) is 3.66. The number of halogens is 1. The largest absolute Gasteiger partial charge is 0.497 e. The van der Waals surface area contributed by atoms with Crippen LogP contribution >= 0.6 is 11.6 Å². The van der Waals surface area contributed by atoms with Crippen LogP contribution < -0.4 is 25.4 Å². The first-order chi connectivity index (χ1) is 15.1. The van der Waals surface area contributed by atoms with E-state index in [-0.39, 0.29) is 5.96 Å². The number of nitrogens with zero attached hydrogens (tertiary/aromatic N) is 4. The van der Waals surface area contributed by atoms with E-state index in [0.29, 0.717) is 48.7 Å². The van der Waals surface area contributed by atoms with Gasteiger partial charge >= 0.3 is 0 Å². The molecule has 1 fully saturated rings. The highest BCUT2D eigenvalue weighted by Gasteiger charge is 2.32. The van der Waals surface area contributed by atoms with Gasteiger partial charge in [0.1, 0.15) is 11.5 Å². The van der Waals surface area contributed by atoms with Crippen molar-refractivity contribution in [3.8, 4) is 11.5 Å². The molecule has 2 aliphatic heterocycles. The fourth-order valence-electron chi connectivity index (χ4n) is 3.44. The van der Waals surface area contributed by atoms with Crippen LogP contribution in [0.1, 0.15) is 0 Å². The number of morpholine rings is 1. The van der Waals surface area contributed by atoms with Gasteiger partial charge in [0.15, 0.2) is 0 Å². The van der Waals surface area contributed by atoms with Crippen molar-refractivity contribution >= 4 is 34.9 Å². The number of hydrogen-bond donors (Lipinski definition) is 2. The molecule has 0 aliphatic carbocycles. The Bertz CT molecular complexity index is 976. The van der Waals surface area contributed by atoms with Crippen LogP contribution in [0, 0.1) is 0 Å². The lowest BCUT2D eigenvalue weighted by molar-refractivity contribution is 0.0671. The Morgan fingerprint density at radius 3 is 2.39 bits per heavy atom. The maximum atomic E-state index is 6.47. The molecule has 0 aromatic heterocycles. The zero-order chi connectivity index (χ0) is 21.8. The monoisotopic (exact) mass is 444 g/mol. The molecule has 1 atom stereocenters. The van der Waals surface area contributed by atoms with Gasteiger partial charge in [-0.3, -0.25) is 4.90 Å². The van der Waals surface area contributed by atoms with Crippen LogP contribution in [0.15, 0.2) is 52.4 Å². The minimum atomic E-state index is -0.561. The highest BCUT2D eigenvalue weighted by molar-refractivity contribution is 6.33. The third-order valence-corrected chi connectivity index (χ3v) is 5.35. The number of hydrogen-bond acceptors (Lipinski definition) is 9. The molecule has 0 radical (unpaired) electrons. The van der Waals surface area contributed by atoms with Crippen molar-refractivity contribution in [1.82, 2.24) is 4.90 Å². The first kappa shape index (κ1) is 21.1. The third-order valence-electron chi connectivity index (χ3n) is 5.03. The molecule has 0 saturated carbocycles. The van der Waals surface area contributed by atoms with Crippen LogP contribution in [-0.2, 0) is 4.74 Å². The van der Waals surface area contributed by atoms with Gasteiger partial charge in [-0.05, 0) is 36.4 Å². The number of methoxy groups -OCH3 is 2. The highest BCUT2D eigenvalue weighted by Crippen LogP contribution is 2.30. The molecule has 31 heavy (non-hydrogen) atoms. The molecule has 3 N–H and O–H groups in total. The minimum Gasteiger partial charge on any atom is -0.497 e. The second kappa shape index (κ2) is 9.32. The summed E-state index contributed by atoms with van der Waals surface area (Å²) in [6, 6.07) is 13.1. The van der Waals surface area contributed by atoms with E-state index in [9.17, 15) is 0 Å². The molecule has 0 spiro atoms. The van der Waals surface area contributed by atoms with E-state index >= 15 is 0 Å². The van der Waals surface area contributed by atoms with Gasteiger partial charge in [0.05, 0.1) is 38.1 Å². The van der Waals surface area contributed by atoms with E-state index in [1.165, 1.54) is 0 Å². The zero-order valence-corrected chi connectivity index (χ0v) is 18.2. The average Bonchev–Trinajstić information content (AvgIpc) is 2.80. The number of rotatable bonds is 5. The minimum absolute atomic E-state index is 0.188. The second-order valence-corrected chi connectivity index (χ2v) is 7.34. The molecule has 2 heterocycles. The first-order valence-electron chi connectivity index (χ1n) is 9.87. The molecule has 164 valence electrons. The summed E-state index contributed by atoms with van der Waals surface area (Å²) >= 11 is 6.47. The van der Waals surface area contributed by atoms with Gasteiger partial charge in [0, 0.05) is 24.8 Å². The van der Waals surface area contributed by atoms with Gasteiger partial charge in [-0.1, -0.05) is 11.6 Å². The Hall–Kier alpha value is -3.17. The molecule has 2 aromatic rings. The summed E-state index contributed by atoms with van der Waals surface area (Å²) in [6.45, 7) is 2.65. The zero-order valence-electron chi connectivity index (χ0n) is 17.4. The van der Waals surface area contributed by atoms with Crippen molar-refractivity contribution in [2.45, 2.75) is 6.29 Å². The standard InChI is InChI=1S/C21H25ClN6O3/c1-29-15-5-3-14(4-6-15)28-20(24-18-8-7-16(30-2)13-17(18)22)25-19(23)26-21(28)27-9-11-31-12-10-27/h3-8,13,20,24H,9-12H2,1-2H3,(H2,23,25). The predicted molar refractivity (Wildman–Crippen MR) is 122 cm³/mol. The first-order valence-corrected chi connectivity index (χ1v) is 10.2. The maximum absolute atomic E-state index is 6.47. The Labute approximate surface area is 186 Å². The summed E-state index contributed by atoms with van der Waals surface area (Å²) in [5, 5.41) is 3.89. The Morgan fingerprint density at radius 2 is 1.74 bits per heavy atom. The number of anilines is 2. The van der Waals surface area contributed by atoms with Crippen molar-refractivity contribution in [2.24, 2.45) is 15.7 Å². The third kappa shape index (κ3) is 4.62. The molecule has 1 saturated heterocycles. The van der Waals surface area contributed by atoms with Crippen LogP contribution in [0.3, 0.4) is 0 Å². The second-order valence-electron chi connectivity index (χ2n) is 6.93. The number of aliphatic imine (C=N–C) groups is 2. The normalized spacial score (nSPS) is 18.9. The van der Waals surface area contributed by atoms with Crippen molar-refractivity contribution in [1.29, 1.82) is 0 Å². The molecule has 9 nitrogen and oxygen atoms in total. The molecule has 1 unspecified atom stereocenters. The van der Waals surface area contributed by atoms with Crippen LogP contribution in [0.5, 0.6) is 11.5 Å². The molecule has 10 heteroatoms. The fraction of sp³-hybridized carbons (Fsp3) is 0.333. The summed E-state index contributed by atoms with van der Waals surface area (Å²) in [7, 11) is 3.24. The van der Waals surface area contributed by atoms with Crippen molar-refractivity contribution < 1.29 is 14.2 Å². The average molecular weight is 445 g/mol. The van der Waals surface area contributed by atoms with Crippen LogP contribution in [0.2, 0.25) is 5.02 Å². The van der Waals surface area contributed by atoms with E-state index in [1.54, 1.807) is 20.3 Å². The summed E-state index contributed by atoms with van der Waals surface area (Å²) < 4.78 is 16.1. The van der Waals surface area contributed by atoms with Crippen LogP contribution in [0.25, 0.3) is 0 Å². The van der Waals surface area contributed by atoms with E-state index < -0.39 is 6.29 Å². The lowest BCUT2D eigenvalue weighted by Gasteiger charge is -2.41. The summed E-state index contributed by atoms with van der Waals surface area (Å²) in [5.74, 6) is 2.32. The summed E-state index contributed by atoms with van der Waals surface area (Å²) in [4.78, 5) is 13.2. The Balaban J connectivity index is 1.71. The molecule has 4 rings (SSSR count). The van der Waals surface area contributed by atoms with Gasteiger partial charge in [-0.25, -0.2) is 4.99 Å². The van der Waals surface area contributed by atoms with Gasteiger partial charge in [-0.2, -0.15) is 4.99 Å². The number of ether oxygens (including phenoxy) is 3. The van der Waals surface area contributed by atoms with Gasteiger partial charge in [0.2, 0.25) is 18.2 Å². The summed E-state index contributed by atoms with van der Waals surface area (Å²) in [5.41, 5.74) is 7.69. The molecule has 2 aromatic carbocycles. The lowest BCUT2D eigenvalue weighted by Crippen LogP contribution is -2.57. The SMILES string of the molecule is COc1ccc(N2C(N3CCOCC3)=NC(N)=NC2Nc2ccc(OC)cc2Cl)cc1. The summed E-state index contributed by atoms with van der Waals surface area (Å²) in [6.07, 6.45) is -0.561. The van der Waals surface area contributed by atoms with Crippen molar-refractivity contribution in [2.75, 3.05) is 50.7 Å².